The van der Waals surface area contributed by atoms with Crippen LogP contribution >= 0.6 is 0 Å². The van der Waals surface area contributed by atoms with E-state index in [1.807, 2.05) is 30.3 Å². The van der Waals surface area contributed by atoms with Gasteiger partial charge in [-0.15, -0.1) is 0 Å². The average Bonchev–Trinajstić information content (AvgIpc) is 2.45. The molecule has 2 radical (unpaired) electrons. The first-order chi connectivity index (χ1) is 9.27. The Morgan fingerprint density at radius 2 is 1.74 bits per heavy atom. The zero-order chi connectivity index (χ0) is 13.5. The minimum Gasteiger partial charge on any atom is -0.380 e. The number of nitro benzene ring substituents is 1. The second kappa shape index (κ2) is 6.82. The molecule has 2 aromatic carbocycles. The molecule has 2 rings (SSSR count). The van der Waals surface area contributed by atoms with Gasteiger partial charge >= 0.3 is 0 Å². The maximum Gasteiger partial charge on any atom is 0.274 e. The number of hydrogen-bond acceptors (Lipinski definition) is 3. The Labute approximate surface area is 114 Å². The summed E-state index contributed by atoms with van der Waals surface area (Å²) in [6.45, 7) is 0.275. The maximum atomic E-state index is 10.8. The van der Waals surface area contributed by atoms with Crippen LogP contribution in [0.25, 0.3) is 0 Å². The van der Waals surface area contributed by atoms with Crippen molar-refractivity contribution in [3.05, 3.63) is 70.3 Å². The van der Waals surface area contributed by atoms with Crippen LogP contribution in [0.5, 0.6) is 0 Å². The molecular formula is C14H13NO3Si. The van der Waals surface area contributed by atoms with E-state index in [2.05, 4.69) is 0 Å². The molecule has 0 bridgehead atoms. The van der Waals surface area contributed by atoms with E-state index in [-0.39, 0.29) is 17.2 Å². The molecule has 0 saturated carbocycles. The number of hydrogen-bond donors (Lipinski definition) is 0. The lowest BCUT2D eigenvalue weighted by atomic mass is 10.2. The lowest BCUT2D eigenvalue weighted by Gasteiger charge is -2.04. The van der Waals surface area contributed by atoms with E-state index in [1.165, 1.54) is 11.3 Å². The highest BCUT2D eigenvalue weighted by atomic mass is 28.2. The molecule has 0 N–H and O–H groups in total. The molecule has 0 amide bonds. The molecule has 4 nitrogen and oxygen atoms in total. The van der Waals surface area contributed by atoms with Crippen LogP contribution in [-0.4, -0.2) is 20.7 Å². The quantitative estimate of drug-likeness (QED) is 0.350. The van der Waals surface area contributed by atoms with Gasteiger partial charge in [-0.1, -0.05) is 47.7 Å². The molecule has 5 heteroatoms. The highest BCUT2D eigenvalue weighted by Crippen LogP contribution is 2.18. The molecule has 0 aliphatic rings. The van der Waals surface area contributed by atoms with Gasteiger partial charge in [0.25, 0.3) is 5.69 Å². The van der Waals surface area contributed by atoms with Crippen molar-refractivity contribution < 1.29 is 9.66 Å². The predicted molar refractivity (Wildman–Crippen MR) is 74.6 cm³/mol. The van der Waals surface area contributed by atoms with Gasteiger partial charge in [-0.25, -0.2) is 0 Å². The van der Waals surface area contributed by atoms with Gasteiger partial charge in [0, 0.05) is 12.3 Å². The summed E-state index contributed by atoms with van der Waals surface area (Å²) in [4.78, 5) is 10.5. The molecule has 96 valence electrons. The minimum atomic E-state index is -0.377. The summed E-state index contributed by atoms with van der Waals surface area (Å²) < 4.78 is 5.52. The van der Waals surface area contributed by atoms with Crippen LogP contribution in [0, 0.1) is 10.1 Å². The molecule has 0 atom stereocenters. The summed E-state index contributed by atoms with van der Waals surface area (Å²) in [5, 5.41) is 12.1. The third kappa shape index (κ3) is 4.01. The average molecular weight is 271 g/mol. The first-order valence-electron chi connectivity index (χ1n) is 5.86. The third-order valence-corrected chi connectivity index (χ3v) is 3.69. The van der Waals surface area contributed by atoms with E-state index in [1.54, 1.807) is 18.2 Å². The van der Waals surface area contributed by atoms with E-state index in [9.17, 15) is 10.1 Å². The van der Waals surface area contributed by atoms with Crippen molar-refractivity contribution in [2.75, 3.05) is 6.23 Å². The number of ether oxygens (including phenoxy) is 1. The third-order valence-electron chi connectivity index (χ3n) is 2.60. The van der Waals surface area contributed by atoms with Crippen molar-refractivity contribution in [1.29, 1.82) is 0 Å². The Bertz CT molecular complexity index is 545. The zero-order valence-corrected chi connectivity index (χ0v) is 11.3. The van der Waals surface area contributed by atoms with Crippen molar-refractivity contribution in [2.24, 2.45) is 0 Å². The highest BCUT2D eigenvalue weighted by molar-refractivity contribution is 6.53. The molecule has 0 heterocycles. The molecular weight excluding hydrogens is 258 g/mol. The van der Waals surface area contributed by atoms with E-state index >= 15 is 0 Å². The molecule has 0 aliphatic carbocycles. The molecule has 0 aromatic heterocycles. The second-order valence-electron chi connectivity index (χ2n) is 3.92. The summed E-state index contributed by atoms with van der Waals surface area (Å²) in [5.41, 5.74) is 0.732. The first-order valence-corrected chi connectivity index (χ1v) is 7.07. The fourth-order valence-corrected chi connectivity index (χ4v) is 2.46. The van der Waals surface area contributed by atoms with Gasteiger partial charge in [-0.05, 0) is 6.07 Å². The van der Waals surface area contributed by atoms with Crippen LogP contribution in [0.2, 0.25) is 0 Å². The van der Waals surface area contributed by atoms with Gasteiger partial charge in [-0.2, -0.15) is 0 Å². The number of benzene rings is 2. The van der Waals surface area contributed by atoms with Crippen LogP contribution in [0.3, 0.4) is 0 Å². The highest BCUT2D eigenvalue weighted by Gasteiger charge is 2.11. The van der Waals surface area contributed by atoms with E-state index in [0.29, 0.717) is 21.3 Å². The minimum absolute atomic E-state index is 0.116. The van der Waals surface area contributed by atoms with Crippen LogP contribution in [0.4, 0.5) is 5.69 Å². The van der Waals surface area contributed by atoms with Gasteiger partial charge in [0.2, 0.25) is 0 Å². The molecule has 0 fully saturated rings. The Morgan fingerprint density at radius 3 is 2.47 bits per heavy atom. The molecule has 0 aliphatic heterocycles. The largest absolute Gasteiger partial charge is 0.380 e. The molecule has 19 heavy (non-hydrogen) atoms. The zero-order valence-electron chi connectivity index (χ0n) is 10.3. The van der Waals surface area contributed by atoms with E-state index in [0.717, 1.165) is 0 Å². The van der Waals surface area contributed by atoms with Gasteiger partial charge in [-0.3, -0.25) is 10.1 Å². The summed E-state index contributed by atoms with van der Waals surface area (Å²) in [6, 6.07) is 16.7. The van der Waals surface area contributed by atoms with Crippen molar-refractivity contribution in [3.63, 3.8) is 0 Å². The smallest absolute Gasteiger partial charge is 0.274 e. The summed E-state index contributed by atoms with van der Waals surface area (Å²) >= 11 is 0. The summed E-state index contributed by atoms with van der Waals surface area (Å²) in [7, 11) is 0.555. The van der Waals surface area contributed by atoms with Crippen LogP contribution < -0.4 is 5.19 Å². The molecule has 2 aromatic rings. The number of para-hydroxylation sites is 1. The number of nitro groups is 1. The van der Waals surface area contributed by atoms with Gasteiger partial charge < -0.3 is 4.74 Å². The van der Waals surface area contributed by atoms with Gasteiger partial charge in [0.05, 0.1) is 17.1 Å². The number of nitrogens with zero attached hydrogens (tertiary/aromatic N) is 1. The summed E-state index contributed by atoms with van der Waals surface area (Å²) in [6.07, 6.45) is 0.579. The topological polar surface area (TPSA) is 52.4 Å². The van der Waals surface area contributed by atoms with Crippen molar-refractivity contribution in [3.8, 4) is 0 Å². The standard InChI is InChI=1S/C14H13NO3Si/c16-15(17)14-9-5-4-6-12(14)10-18-11-19-13-7-2-1-3-8-13/h1-9H,10-11H2. The monoisotopic (exact) mass is 271 g/mol. The SMILES string of the molecule is O=[N+]([O-])c1ccccc1COC[Si]c1ccccc1. The Balaban J connectivity index is 1.85. The van der Waals surface area contributed by atoms with Crippen LogP contribution in [0.1, 0.15) is 5.56 Å². The fourth-order valence-electron chi connectivity index (χ4n) is 1.66. The van der Waals surface area contributed by atoms with Crippen LogP contribution in [0.15, 0.2) is 54.6 Å². The Hall–Kier alpha value is -1.98. The number of rotatable bonds is 6. The van der Waals surface area contributed by atoms with E-state index in [4.69, 9.17) is 4.74 Å². The van der Waals surface area contributed by atoms with Crippen LogP contribution in [-0.2, 0) is 11.3 Å². The fraction of sp³-hybridized carbons (Fsp3) is 0.143. The Kier molecular flexibility index (Phi) is 4.83. The van der Waals surface area contributed by atoms with Crippen molar-refractivity contribution >= 4 is 20.4 Å². The molecule has 0 saturated heterocycles. The van der Waals surface area contributed by atoms with Crippen molar-refractivity contribution in [1.82, 2.24) is 0 Å². The van der Waals surface area contributed by atoms with Crippen molar-refractivity contribution in [2.45, 2.75) is 6.61 Å². The molecule has 0 unspecified atom stereocenters. The normalized spacial score (nSPS) is 10.3. The Morgan fingerprint density at radius 1 is 1.05 bits per heavy atom. The predicted octanol–water partition coefficient (Wildman–Crippen LogP) is 2.10. The summed E-state index contributed by atoms with van der Waals surface area (Å²) in [5.74, 6) is 0. The maximum absolute atomic E-state index is 10.8. The lowest BCUT2D eigenvalue weighted by Crippen LogP contribution is -2.19. The van der Waals surface area contributed by atoms with Gasteiger partial charge in [0.1, 0.15) is 9.52 Å². The first kappa shape index (κ1) is 13.4. The molecule has 0 spiro atoms. The lowest BCUT2D eigenvalue weighted by molar-refractivity contribution is -0.385. The second-order valence-corrected chi connectivity index (χ2v) is 5.14. The van der Waals surface area contributed by atoms with Gasteiger partial charge in [0.15, 0.2) is 0 Å². The van der Waals surface area contributed by atoms with E-state index < -0.39 is 0 Å².